The first kappa shape index (κ1) is 18.8. The van der Waals surface area contributed by atoms with Gasteiger partial charge in [0.05, 0.1) is 21.7 Å². The summed E-state index contributed by atoms with van der Waals surface area (Å²) in [6.45, 7) is 3.52. The lowest BCUT2D eigenvalue weighted by Crippen LogP contribution is -2.49. The fraction of sp³-hybridized carbons (Fsp3) is 0.316. The van der Waals surface area contributed by atoms with Crippen molar-refractivity contribution in [3.8, 4) is 0 Å². The van der Waals surface area contributed by atoms with Crippen LogP contribution in [-0.4, -0.2) is 28.0 Å². The van der Waals surface area contributed by atoms with E-state index in [-0.39, 0.29) is 18.0 Å². The molecule has 1 saturated carbocycles. The monoisotopic (exact) mass is 420 g/mol. The lowest BCUT2D eigenvalue weighted by Gasteiger charge is -2.36. The zero-order valence-electron chi connectivity index (χ0n) is 15.3. The van der Waals surface area contributed by atoms with Crippen molar-refractivity contribution in [2.45, 2.75) is 38.8 Å². The quantitative estimate of drug-likeness (QED) is 0.765. The van der Waals surface area contributed by atoms with E-state index in [1.807, 2.05) is 0 Å². The molecule has 3 amide bonds. The molecule has 2 aliphatic rings. The van der Waals surface area contributed by atoms with Gasteiger partial charge in [-0.3, -0.25) is 9.69 Å². The molecule has 0 spiro atoms. The number of carbonyl (C=O) groups is 2. The van der Waals surface area contributed by atoms with Crippen molar-refractivity contribution < 1.29 is 14.1 Å². The Balaban J connectivity index is 1.75. The second-order valence-electron chi connectivity index (χ2n) is 6.93. The van der Waals surface area contributed by atoms with Crippen LogP contribution in [0.5, 0.6) is 0 Å². The molecule has 2 heterocycles. The molecule has 2 N–H and O–H groups in total. The van der Waals surface area contributed by atoms with E-state index in [0.717, 1.165) is 12.8 Å². The minimum Gasteiger partial charge on any atom is -0.360 e. The Hall–Kier alpha value is -2.51. The van der Waals surface area contributed by atoms with Crippen LogP contribution in [0.1, 0.15) is 37.1 Å². The van der Waals surface area contributed by atoms with Crippen molar-refractivity contribution in [3.05, 3.63) is 56.9 Å². The van der Waals surface area contributed by atoms with Crippen molar-refractivity contribution in [2.75, 3.05) is 5.32 Å². The molecule has 2 aromatic rings. The summed E-state index contributed by atoms with van der Waals surface area (Å²) in [6, 6.07) is 5.89. The summed E-state index contributed by atoms with van der Waals surface area (Å²) in [7, 11) is 0. The van der Waals surface area contributed by atoms with E-state index < -0.39 is 6.04 Å². The summed E-state index contributed by atoms with van der Waals surface area (Å²) in [6.07, 6.45) is 1.83. The average Bonchev–Trinajstić information content (AvgIpc) is 3.38. The molecule has 146 valence electrons. The number of nitrogens with one attached hydrogen (secondary N) is 2. The van der Waals surface area contributed by atoms with Crippen LogP contribution in [0.2, 0.25) is 10.0 Å². The summed E-state index contributed by atoms with van der Waals surface area (Å²) in [5.41, 5.74) is 1.70. The number of hydrogen-bond acceptors (Lipinski definition) is 4. The van der Waals surface area contributed by atoms with Gasteiger partial charge in [-0.1, -0.05) is 34.4 Å². The maximum absolute atomic E-state index is 13.1. The Labute approximate surface area is 171 Å². The van der Waals surface area contributed by atoms with Crippen molar-refractivity contribution in [1.29, 1.82) is 0 Å². The summed E-state index contributed by atoms with van der Waals surface area (Å²) >= 11 is 12.2. The fourth-order valence-electron chi connectivity index (χ4n) is 3.37. The van der Waals surface area contributed by atoms with Crippen LogP contribution in [0.4, 0.5) is 10.6 Å². The lowest BCUT2D eigenvalue weighted by molar-refractivity contribution is -0.113. The smallest absolute Gasteiger partial charge is 0.322 e. The first-order valence-corrected chi connectivity index (χ1v) is 9.61. The fourth-order valence-corrected chi connectivity index (χ4v) is 3.68. The van der Waals surface area contributed by atoms with Gasteiger partial charge >= 0.3 is 6.03 Å². The highest BCUT2D eigenvalue weighted by atomic mass is 35.5. The van der Waals surface area contributed by atoms with Crippen LogP contribution >= 0.6 is 23.2 Å². The molecular weight excluding hydrogens is 403 g/mol. The first-order chi connectivity index (χ1) is 13.3. The van der Waals surface area contributed by atoms with E-state index >= 15 is 0 Å². The van der Waals surface area contributed by atoms with Crippen LogP contribution < -0.4 is 10.6 Å². The largest absolute Gasteiger partial charge is 0.360 e. The van der Waals surface area contributed by atoms with E-state index in [1.165, 1.54) is 0 Å². The molecule has 1 aromatic carbocycles. The number of allylic oxidation sites excluding steroid dienone is 1. The van der Waals surface area contributed by atoms with Crippen LogP contribution in [0, 0.1) is 6.92 Å². The zero-order valence-corrected chi connectivity index (χ0v) is 16.8. The molecule has 0 bridgehead atoms. The molecule has 9 heteroatoms. The number of anilines is 1. The van der Waals surface area contributed by atoms with Crippen LogP contribution in [0.25, 0.3) is 0 Å². The predicted octanol–water partition coefficient (Wildman–Crippen LogP) is 4.43. The number of urea groups is 1. The molecule has 1 aliphatic heterocycles. The summed E-state index contributed by atoms with van der Waals surface area (Å²) in [5.74, 6) is 0.525. The van der Waals surface area contributed by atoms with E-state index in [4.69, 9.17) is 27.7 Å². The van der Waals surface area contributed by atoms with Gasteiger partial charge in [0.15, 0.2) is 5.82 Å². The standard InChI is InChI=1S/C19H18Cl2N4O3/c1-9-7-15(24-28-9)22-18(26)16-10(2)25(12-4-5-12)19(27)23-17(16)11-3-6-13(20)14(21)8-11/h3,6-8,12,17H,4-5H2,1-2H3,(H,23,27)(H,22,24,26). The van der Waals surface area contributed by atoms with Crippen molar-refractivity contribution in [2.24, 2.45) is 0 Å². The Morgan fingerprint density at radius 2 is 2.00 bits per heavy atom. The van der Waals surface area contributed by atoms with Gasteiger partial charge in [-0.25, -0.2) is 4.79 Å². The van der Waals surface area contributed by atoms with E-state index in [2.05, 4.69) is 15.8 Å². The third kappa shape index (κ3) is 3.47. The highest BCUT2D eigenvalue weighted by Gasteiger charge is 2.42. The van der Waals surface area contributed by atoms with Crippen LogP contribution in [-0.2, 0) is 4.79 Å². The molecule has 0 radical (unpaired) electrons. The molecule has 1 fully saturated rings. The predicted molar refractivity (Wildman–Crippen MR) is 105 cm³/mol. The molecule has 1 unspecified atom stereocenters. The number of nitrogens with zero attached hydrogens (tertiary/aromatic N) is 2. The summed E-state index contributed by atoms with van der Waals surface area (Å²) in [4.78, 5) is 27.5. The normalized spacial score (nSPS) is 19.6. The van der Waals surface area contributed by atoms with Crippen molar-refractivity contribution in [1.82, 2.24) is 15.4 Å². The second kappa shape index (κ2) is 7.14. The Kier molecular flexibility index (Phi) is 4.81. The molecular formula is C19H18Cl2N4O3. The number of aryl methyl sites for hydroxylation is 1. The van der Waals surface area contributed by atoms with E-state index in [0.29, 0.717) is 38.5 Å². The van der Waals surface area contributed by atoms with Crippen LogP contribution in [0.3, 0.4) is 0 Å². The SMILES string of the molecule is CC1=C(C(=O)Nc2cc(C)on2)C(c2ccc(Cl)c(Cl)c2)NC(=O)N1C1CC1. The Morgan fingerprint density at radius 3 is 2.61 bits per heavy atom. The van der Waals surface area contributed by atoms with Crippen molar-refractivity contribution in [3.63, 3.8) is 0 Å². The maximum Gasteiger partial charge on any atom is 0.322 e. The zero-order chi connectivity index (χ0) is 20.0. The molecule has 1 atom stereocenters. The topological polar surface area (TPSA) is 87.5 Å². The molecule has 28 heavy (non-hydrogen) atoms. The molecule has 1 aromatic heterocycles. The van der Waals surface area contributed by atoms with Crippen LogP contribution in [0.15, 0.2) is 40.1 Å². The second-order valence-corrected chi connectivity index (χ2v) is 7.75. The van der Waals surface area contributed by atoms with Gasteiger partial charge in [0.25, 0.3) is 5.91 Å². The third-order valence-electron chi connectivity index (χ3n) is 4.83. The number of amides is 3. The minimum atomic E-state index is -0.662. The summed E-state index contributed by atoms with van der Waals surface area (Å²) in [5, 5.41) is 10.2. The molecule has 1 aliphatic carbocycles. The van der Waals surface area contributed by atoms with E-state index in [9.17, 15) is 9.59 Å². The highest BCUT2D eigenvalue weighted by molar-refractivity contribution is 6.42. The average molecular weight is 421 g/mol. The highest BCUT2D eigenvalue weighted by Crippen LogP contribution is 2.38. The van der Waals surface area contributed by atoms with Gasteiger partial charge in [0, 0.05) is 17.8 Å². The molecule has 4 rings (SSSR count). The van der Waals surface area contributed by atoms with Crippen molar-refractivity contribution >= 4 is 41.0 Å². The summed E-state index contributed by atoms with van der Waals surface area (Å²) < 4.78 is 5.01. The Bertz CT molecular complexity index is 997. The van der Waals surface area contributed by atoms with Gasteiger partial charge in [0.2, 0.25) is 0 Å². The van der Waals surface area contributed by atoms with Gasteiger partial charge in [-0.2, -0.15) is 0 Å². The Morgan fingerprint density at radius 1 is 1.25 bits per heavy atom. The maximum atomic E-state index is 13.1. The van der Waals surface area contributed by atoms with Gasteiger partial charge in [0.1, 0.15) is 5.76 Å². The van der Waals surface area contributed by atoms with Gasteiger partial charge in [-0.05, 0) is 44.4 Å². The number of rotatable bonds is 4. The minimum absolute atomic E-state index is 0.117. The number of aromatic nitrogens is 1. The number of carbonyl (C=O) groups excluding carboxylic acids is 2. The molecule has 0 saturated heterocycles. The van der Waals surface area contributed by atoms with Gasteiger partial charge in [-0.15, -0.1) is 0 Å². The van der Waals surface area contributed by atoms with Gasteiger partial charge < -0.3 is 15.2 Å². The van der Waals surface area contributed by atoms with E-state index in [1.54, 1.807) is 43.0 Å². The first-order valence-electron chi connectivity index (χ1n) is 8.85. The molecule has 7 nitrogen and oxygen atoms in total. The third-order valence-corrected chi connectivity index (χ3v) is 5.57. The number of halogens is 2. The number of benzene rings is 1. The number of hydrogen-bond donors (Lipinski definition) is 2. The lowest BCUT2D eigenvalue weighted by atomic mass is 9.94.